The molecule has 3 fully saturated rings. The maximum Gasteiger partial charge on any atom is 0.123 e. The highest BCUT2D eigenvalue weighted by Gasteiger charge is 2.37. The van der Waals surface area contributed by atoms with Crippen LogP contribution in [0, 0.1) is 0 Å². The van der Waals surface area contributed by atoms with Crippen LogP contribution in [-0.4, -0.2) is 35.2 Å². The average molecular weight is 205 g/mol. The first-order valence-corrected chi connectivity index (χ1v) is 5.38. The molecule has 80 valence electrons. The Morgan fingerprint density at radius 2 is 2.13 bits per heavy atom. The van der Waals surface area contributed by atoms with E-state index >= 15 is 0 Å². The fraction of sp³-hybridized carbons (Fsp3) is 0.545. The Kier molecular flexibility index (Phi) is 2.11. The van der Waals surface area contributed by atoms with Crippen LogP contribution in [0.2, 0.25) is 0 Å². The van der Waals surface area contributed by atoms with Crippen molar-refractivity contribution in [3.8, 4) is 0 Å². The molecule has 4 heterocycles. The monoisotopic (exact) mass is 205 g/mol. The number of fused-ring (bicyclic) bond motifs is 2. The maximum atomic E-state index is 5.58. The van der Waals surface area contributed by atoms with Crippen molar-refractivity contribution in [2.24, 2.45) is 0 Å². The van der Waals surface area contributed by atoms with Crippen molar-refractivity contribution in [2.45, 2.75) is 25.2 Å². The maximum absolute atomic E-state index is 5.58. The summed E-state index contributed by atoms with van der Waals surface area (Å²) >= 11 is 0. The van der Waals surface area contributed by atoms with Crippen molar-refractivity contribution < 1.29 is 4.74 Å². The summed E-state index contributed by atoms with van der Waals surface area (Å²) in [5.74, 6) is 0.587. The number of pyridine rings is 1. The molecule has 2 atom stereocenters. The van der Waals surface area contributed by atoms with Gasteiger partial charge in [-0.3, -0.25) is 4.90 Å². The predicted octanol–water partition coefficient (Wildman–Crippen LogP) is 0.637. The summed E-state index contributed by atoms with van der Waals surface area (Å²) in [6, 6.07) is 3.90. The highest BCUT2D eigenvalue weighted by molar-refractivity contribution is 5.29. The minimum atomic E-state index is 0.477. The summed E-state index contributed by atoms with van der Waals surface area (Å²) in [5.41, 5.74) is 6.77. The lowest BCUT2D eigenvalue weighted by Gasteiger charge is -2.47. The van der Waals surface area contributed by atoms with Crippen LogP contribution < -0.4 is 5.73 Å². The molecule has 4 rings (SSSR count). The van der Waals surface area contributed by atoms with E-state index in [9.17, 15) is 0 Å². The number of ether oxygens (including phenoxy) is 1. The zero-order valence-corrected chi connectivity index (χ0v) is 8.60. The van der Waals surface area contributed by atoms with Crippen LogP contribution in [0.5, 0.6) is 0 Å². The van der Waals surface area contributed by atoms with E-state index in [4.69, 9.17) is 10.5 Å². The van der Waals surface area contributed by atoms with E-state index in [2.05, 4.69) is 9.88 Å². The number of morpholine rings is 1. The van der Waals surface area contributed by atoms with Gasteiger partial charge in [0, 0.05) is 32.3 Å². The van der Waals surface area contributed by atoms with Crippen LogP contribution in [0.15, 0.2) is 18.3 Å². The van der Waals surface area contributed by atoms with E-state index in [0.717, 1.165) is 19.6 Å². The molecule has 3 saturated heterocycles. The molecule has 0 aromatic carbocycles. The third-order valence-electron chi connectivity index (χ3n) is 3.09. The van der Waals surface area contributed by atoms with Crippen molar-refractivity contribution in [3.05, 3.63) is 23.9 Å². The molecule has 15 heavy (non-hydrogen) atoms. The lowest BCUT2D eigenvalue weighted by atomic mass is 9.98. The summed E-state index contributed by atoms with van der Waals surface area (Å²) in [7, 11) is 0. The Hall–Kier alpha value is -1.13. The van der Waals surface area contributed by atoms with E-state index in [1.165, 1.54) is 12.0 Å². The van der Waals surface area contributed by atoms with Gasteiger partial charge in [0.05, 0.1) is 12.2 Å². The van der Waals surface area contributed by atoms with E-state index < -0.39 is 0 Å². The standard InChI is InChI=1S/C11H15N3O/c12-11-2-1-8(4-13-11)5-14-6-9-3-10(7-14)15-9/h1-2,4,9-10H,3,5-7H2,(H2,12,13). The Bertz CT molecular complexity index is 335. The van der Waals surface area contributed by atoms with Gasteiger partial charge in [-0.2, -0.15) is 0 Å². The summed E-state index contributed by atoms with van der Waals surface area (Å²) in [6.45, 7) is 3.07. The van der Waals surface area contributed by atoms with E-state index in [0.29, 0.717) is 18.0 Å². The molecule has 3 aliphatic heterocycles. The third kappa shape index (κ3) is 1.82. The molecular formula is C11H15N3O. The van der Waals surface area contributed by atoms with Crippen molar-refractivity contribution in [1.29, 1.82) is 0 Å². The molecule has 1 aromatic rings. The van der Waals surface area contributed by atoms with E-state index in [1.54, 1.807) is 0 Å². The fourth-order valence-electron chi connectivity index (χ4n) is 2.36. The normalized spacial score (nSPS) is 29.9. The number of anilines is 1. The van der Waals surface area contributed by atoms with Crippen LogP contribution in [-0.2, 0) is 11.3 Å². The minimum absolute atomic E-state index is 0.477. The van der Waals surface area contributed by atoms with Crippen molar-refractivity contribution >= 4 is 5.82 Å². The first kappa shape index (κ1) is 9.12. The van der Waals surface area contributed by atoms with Crippen molar-refractivity contribution in [1.82, 2.24) is 9.88 Å². The molecule has 0 aliphatic carbocycles. The molecule has 2 unspecified atom stereocenters. The second-order valence-electron chi connectivity index (χ2n) is 4.40. The largest absolute Gasteiger partial charge is 0.384 e. The molecule has 0 saturated carbocycles. The van der Waals surface area contributed by atoms with Crippen LogP contribution in [0.3, 0.4) is 0 Å². The number of nitrogens with two attached hydrogens (primary N) is 1. The summed E-state index contributed by atoms with van der Waals surface area (Å²) in [5, 5.41) is 0. The molecule has 1 aromatic heterocycles. The van der Waals surface area contributed by atoms with Gasteiger partial charge in [0.1, 0.15) is 5.82 Å². The average Bonchev–Trinajstić information content (AvgIpc) is 2.21. The molecule has 2 N–H and O–H groups in total. The predicted molar refractivity (Wildman–Crippen MR) is 57.2 cm³/mol. The summed E-state index contributed by atoms with van der Waals surface area (Å²) in [6.07, 6.45) is 4.06. The van der Waals surface area contributed by atoms with E-state index in [1.807, 2.05) is 18.3 Å². The second kappa shape index (κ2) is 3.47. The third-order valence-corrected chi connectivity index (χ3v) is 3.09. The lowest BCUT2D eigenvalue weighted by Crippen LogP contribution is -2.56. The molecule has 0 spiro atoms. The number of hydrogen-bond donors (Lipinski definition) is 1. The SMILES string of the molecule is Nc1ccc(CN2CC3CC(C2)O3)cn1. The van der Waals surface area contributed by atoms with Gasteiger partial charge in [-0.15, -0.1) is 0 Å². The Balaban J connectivity index is 1.63. The van der Waals surface area contributed by atoms with Gasteiger partial charge < -0.3 is 10.5 Å². The Morgan fingerprint density at radius 1 is 1.40 bits per heavy atom. The van der Waals surface area contributed by atoms with Gasteiger partial charge in [0.2, 0.25) is 0 Å². The number of rotatable bonds is 2. The quantitative estimate of drug-likeness (QED) is 0.769. The Labute approximate surface area is 89.0 Å². The van der Waals surface area contributed by atoms with Gasteiger partial charge in [-0.1, -0.05) is 6.07 Å². The van der Waals surface area contributed by atoms with Gasteiger partial charge in [0.25, 0.3) is 0 Å². The van der Waals surface area contributed by atoms with Crippen molar-refractivity contribution in [3.63, 3.8) is 0 Å². The van der Waals surface area contributed by atoms with Crippen LogP contribution >= 0.6 is 0 Å². The number of piperidine rings is 1. The topological polar surface area (TPSA) is 51.4 Å². The van der Waals surface area contributed by atoms with Gasteiger partial charge in [0.15, 0.2) is 0 Å². The molecule has 4 nitrogen and oxygen atoms in total. The number of nitrogens with zero attached hydrogens (tertiary/aromatic N) is 2. The number of nitrogen functional groups attached to an aromatic ring is 1. The van der Waals surface area contributed by atoms with Gasteiger partial charge in [-0.25, -0.2) is 4.98 Å². The van der Waals surface area contributed by atoms with Gasteiger partial charge in [-0.05, 0) is 11.6 Å². The zero-order chi connectivity index (χ0) is 10.3. The Morgan fingerprint density at radius 3 is 2.73 bits per heavy atom. The molecule has 0 amide bonds. The number of hydrogen-bond acceptors (Lipinski definition) is 4. The van der Waals surface area contributed by atoms with Crippen LogP contribution in [0.4, 0.5) is 5.82 Å². The highest BCUT2D eigenvalue weighted by Crippen LogP contribution is 2.28. The minimum Gasteiger partial charge on any atom is -0.384 e. The first-order chi connectivity index (χ1) is 7.29. The van der Waals surface area contributed by atoms with Gasteiger partial charge >= 0.3 is 0 Å². The van der Waals surface area contributed by atoms with Crippen LogP contribution in [0.25, 0.3) is 0 Å². The zero-order valence-electron chi connectivity index (χ0n) is 8.60. The second-order valence-corrected chi connectivity index (χ2v) is 4.40. The summed E-state index contributed by atoms with van der Waals surface area (Å²) in [4.78, 5) is 6.52. The molecule has 0 radical (unpaired) electrons. The molecule has 4 heteroatoms. The summed E-state index contributed by atoms with van der Waals surface area (Å²) < 4.78 is 5.58. The lowest BCUT2D eigenvalue weighted by molar-refractivity contribution is -0.182. The number of aromatic nitrogens is 1. The van der Waals surface area contributed by atoms with E-state index in [-0.39, 0.29) is 0 Å². The fourth-order valence-corrected chi connectivity index (χ4v) is 2.36. The molecule has 3 aliphatic rings. The smallest absolute Gasteiger partial charge is 0.123 e. The molecule has 2 bridgehead atoms. The first-order valence-electron chi connectivity index (χ1n) is 5.38. The van der Waals surface area contributed by atoms with Crippen LogP contribution in [0.1, 0.15) is 12.0 Å². The van der Waals surface area contributed by atoms with Crippen molar-refractivity contribution in [2.75, 3.05) is 18.8 Å². The highest BCUT2D eigenvalue weighted by atomic mass is 16.5. The molecular weight excluding hydrogens is 190 g/mol.